The van der Waals surface area contributed by atoms with Crippen molar-refractivity contribution >= 4 is 51.1 Å². The van der Waals surface area contributed by atoms with E-state index in [1.165, 1.54) is 0 Å². The minimum atomic E-state index is -0.207. The van der Waals surface area contributed by atoms with E-state index in [-0.39, 0.29) is 11.5 Å². The molecule has 150 valence electrons. The molecule has 0 bridgehead atoms. The summed E-state index contributed by atoms with van der Waals surface area (Å²) < 4.78 is 6.56. The summed E-state index contributed by atoms with van der Waals surface area (Å²) in [4.78, 5) is 14.3. The van der Waals surface area contributed by atoms with Gasteiger partial charge in [-0.3, -0.25) is 4.79 Å². The summed E-state index contributed by atoms with van der Waals surface area (Å²) in [5.41, 5.74) is 1.71. The summed E-state index contributed by atoms with van der Waals surface area (Å²) in [6.07, 6.45) is 4.71. The number of amides is 1. The fraction of sp³-hybridized carbons (Fsp3) is 0.273. The van der Waals surface area contributed by atoms with Crippen LogP contribution in [0.4, 0.5) is 0 Å². The Bertz CT molecular complexity index is 979. The Kier molecular flexibility index (Phi) is 7.60. The quantitative estimate of drug-likeness (QED) is 0.365. The summed E-state index contributed by atoms with van der Waals surface area (Å²) in [5.74, 6) is 0.426. The van der Waals surface area contributed by atoms with Crippen molar-refractivity contribution in [3.8, 4) is 11.8 Å². The van der Waals surface area contributed by atoms with Gasteiger partial charge in [-0.25, -0.2) is 0 Å². The van der Waals surface area contributed by atoms with Crippen LogP contribution < -0.4 is 4.74 Å². The molecule has 1 aliphatic rings. The van der Waals surface area contributed by atoms with Gasteiger partial charge in [0.25, 0.3) is 5.91 Å². The molecule has 1 saturated heterocycles. The number of nitriles is 1. The number of ether oxygens (including phenoxy) is 1. The van der Waals surface area contributed by atoms with Crippen LogP contribution in [-0.4, -0.2) is 23.9 Å². The van der Waals surface area contributed by atoms with Crippen LogP contribution in [-0.2, 0) is 11.4 Å². The standard InChI is InChI=1S/C22H19BrCl2N2O2/c23-19-11-15(10-17(13-26)22(28)27-8-2-1-3-9-27)4-7-21(19)29-14-16-5-6-18(24)12-20(16)25/h4-7,10-12H,1-3,8-9,14H2. The molecule has 1 heterocycles. The Morgan fingerprint density at radius 3 is 2.59 bits per heavy atom. The van der Waals surface area contributed by atoms with Crippen LogP contribution in [0.1, 0.15) is 30.4 Å². The first kappa shape index (κ1) is 21.7. The zero-order valence-electron chi connectivity index (χ0n) is 15.6. The first-order chi connectivity index (χ1) is 14.0. The number of hydrogen-bond acceptors (Lipinski definition) is 3. The average Bonchev–Trinajstić information content (AvgIpc) is 2.72. The van der Waals surface area contributed by atoms with Crippen molar-refractivity contribution in [2.24, 2.45) is 0 Å². The number of piperidine rings is 1. The van der Waals surface area contributed by atoms with Crippen LogP contribution in [0.2, 0.25) is 10.0 Å². The molecular formula is C22H19BrCl2N2O2. The molecule has 3 rings (SSSR count). The smallest absolute Gasteiger partial charge is 0.264 e. The van der Waals surface area contributed by atoms with Gasteiger partial charge in [0.15, 0.2) is 0 Å². The molecule has 29 heavy (non-hydrogen) atoms. The molecule has 0 saturated carbocycles. The van der Waals surface area contributed by atoms with Gasteiger partial charge in [0, 0.05) is 28.7 Å². The van der Waals surface area contributed by atoms with E-state index in [1.807, 2.05) is 24.3 Å². The Balaban J connectivity index is 1.71. The van der Waals surface area contributed by atoms with E-state index in [0.717, 1.165) is 34.9 Å². The molecule has 1 amide bonds. The molecule has 0 unspecified atom stereocenters. The summed E-state index contributed by atoms with van der Waals surface area (Å²) in [5, 5.41) is 10.6. The number of likely N-dealkylation sites (tertiary alicyclic amines) is 1. The predicted octanol–water partition coefficient (Wildman–Crippen LogP) is 6.25. The highest BCUT2D eigenvalue weighted by Gasteiger charge is 2.20. The summed E-state index contributed by atoms with van der Waals surface area (Å²) in [6.45, 7) is 1.71. The summed E-state index contributed by atoms with van der Waals surface area (Å²) >= 11 is 15.6. The third-order valence-corrected chi connectivity index (χ3v) is 5.87. The molecule has 1 aliphatic heterocycles. The average molecular weight is 494 g/mol. The lowest BCUT2D eigenvalue weighted by atomic mass is 10.1. The number of rotatable bonds is 5. The largest absolute Gasteiger partial charge is 0.488 e. The van der Waals surface area contributed by atoms with Crippen LogP contribution in [0, 0.1) is 11.3 Å². The third-order valence-electron chi connectivity index (χ3n) is 4.66. The number of halogens is 3. The lowest BCUT2D eigenvalue weighted by molar-refractivity contribution is -0.127. The maximum absolute atomic E-state index is 12.6. The molecule has 0 aliphatic carbocycles. The molecule has 0 atom stereocenters. The number of nitrogens with zero attached hydrogens (tertiary/aromatic N) is 2. The molecule has 7 heteroatoms. The number of carbonyl (C=O) groups excluding carboxylic acids is 1. The molecule has 0 N–H and O–H groups in total. The van der Waals surface area contributed by atoms with Gasteiger partial charge in [0.1, 0.15) is 24.0 Å². The van der Waals surface area contributed by atoms with Crippen LogP contribution in [0.25, 0.3) is 6.08 Å². The summed E-state index contributed by atoms with van der Waals surface area (Å²) in [6, 6.07) is 12.7. The van der Waals surface area contributed by atoms with E-state index < -0.39 is 0 Å². The van der Waals surface area contributed by atoms with Crippen LogP contribution in [0.15, 0.2) is 46.4 Å². The van der Waals surface area contributed by atoms with Crippen LogP contribution >= 0.6 is 39.1 Å². The van der Waals surface area contributed by atoms with E-state index in [2.05, 4.69) is 15.9 Å². The lowest BCUT2D eigenvalue weighted by Gasteiger charge is -2.26. The molecule has 1 fully saturated rings. The maximum atomic E-state index is 12.6. The van der Waals surface area contributed by atoms with E-state index in [1.54, 1.807) is 29.2 Å². The highest BCUT2D eigenvalue weighted by molar-refractivity contribution is 9.10. The van der Waals surface area contributed by atoms with Gasteiger partial charge in [-0.05, 0) is 71.1 Å². The normalized spacial score (nSPS) is 14.4. The van der Waals surface area contributed by atoms with E-state index in [0.29, 0.717) is 35.5 Å². The Hall–Kier alpha value is -2.00. The molecular weight excluding hydrogens is 475 g/mol. The second kappa shape index (κ2) is 10.2. The van der Waals surface area contributed by atoms with Gasteiger partial charge in [0.05, 0.1) is 4.47 Å². The Morgan fingerprint density at radius 2 is 1.93 bits per heavy atom. The second-order valence-corrected chi connectivity index (χ2v) is 8.43. The second-order valence-electron chi connectivity index (χ2n) is 6.74. The third kappa shape index (κ3) is 5.76. The molecule has 0 spiro atoms. The Labute approximate surface area is 188 Å². The molecule has 4 nitrogen and oxygen atoms in total. The van der Waals surface area contributed by atoms with Crippen molar-refractivity contribution in [3.63, 3.8) is 0 Å². The van der Waals surface area contributed by atoms with E-state index in [4.69, 9.17) is 27.9 Å². The lowest BCUT2D eigenvalue weighted by Crippen LogP contribution is -2.36. The van der Waals surface area contributed by atoms with Crippen molar-refractivity contribution in [1.82, 2.24) is 4.90 Å². The van der Waals surface area contributed by atoms with Gasteiger partial charge in [0.2, 0.25) is 0 Å². The van der Waals surface area contributed by atoms with E-state index in [9.17, 15) is 10.1 Å². The predicted molar refractivity (Wildman–Crippen MR) is 119 cm³/mol. The van der Waals surface area contributed by atoms with Crippen molar-refractivity contribution in [1.29, 1.82) is 5.26 Å². The fourth-order valence-corrected chi connectivity index (χ4v) is 4.07. The Morgan fingerprint density at radius 1 is 1.17 bits per heavy atom. The van der Waals surface area contributed by atoms with Gasteiger partial charge >= 0.3 is 0 Å². The van der Waals surface area contributed by atoms with Crippen molar-refractivity contribution < 1.29 is 9.53 Å². The first-order valence-electron chi connectivity index (χ1n) is 9.25. The zero-order chi connectivity index (χ0) is 20.8. The van der Waals surface area contributed by atoms with Gasteiger partial charge < -0.3 is 9.64 Å². The van der Waals surface area contributed by atoms with E-state index >= 15 is 0 Å². The first-order valence-corrected chi connectivity index (χ1v) is 10.8. The van der Waals surface area contributed by atoms with Crippen molar-refractivity contribution in [2.75, 3.05) is 13.1 Å². The van der Waals surface area contributed by atoms with Crippen LogP contribution in [0.5, 0.6) is 5.75 Å². The van der Waals surface area contributed by atoms with Crippen molar-refractivity contribution in [3.05, 3.63) is 67.6 Å². The maximum Gasteiger partial charge on any atom is 0.264 e. The molecule has 0 radical (unpaired) electrons. The molecule has 2 aromatic rings. The minimum absolute atomic E-state index is 0.139. The number of hydrogen-bond donors (Lipinski definition) is 0. The minimum Gasteiger partial charge on any atom is -0.488 e. The van der Waals surface area contributed by atoms with Crippen LogP contribution in [0.3, 0.4) is 0 Å². The summed E-state index contributed by atoms with van der Waals surface area (Å²) in [7, 11) is 0. The highest BCUT2D eigenvalue weighted by Crippen LogP contribution is 2.29. The topological polar surface area (TPSA) is 53.3 Å². The zero-order valence-corrected chi connectivity index (χ0v) is 18.7. The fourth-order valence-electron chi connectivity index (χ4n) is 3.09. The van der Waals surface area contributed by atoms with Gasteiger partial charge in [-0.15, -0.1) is 0 Å². The van der Waals surface area contributed by atoms with Gasteiger partial charge in [-0.2, -0.15) is 5.26 Å². The SMILES string of the molecule is N#CC(=Cc1ccc(OCc2ccc(Cl)cc2Cl)c(Br)c1)C(=O)N1CCCCC1. The van der Waals surface area contributed by atoms with Crippen molar-refractivity contribution in [2.45, 2.75) is 25.9 Å². The molecule has 0 aromatic heterocycles. The highest BCUT2D eigenvalue weighted by atomic mass is 79.9. The molecule has 2 aromatic carbocycles. The number of carbonyl (C=O) groups is 1. The monoisotopic (exact) mass is 492 g/mol. The number of benzene rings is 2. The van der Waals surface area contributed by atoms with Gasteiger partial charge in [-0.1, -0.05) is 35.3 Å².